The third-order valence-corrected chi connectivity index (χ3v) is 3.42. The largest absolute Gasteiger partial charge is 0.464 e. The number of amides is 1. The first kappa shape index (κ1) is 16.3. The van der Waals surface area contributed by atoms with Gasteiger partial charge in [-0.15, -0.1) is 0 Å². The van der Waals surface area contributed by atoms with E-state index in [4.69, 9.17) is 11.6 Å². The van der Waals surface area contributed by atoms with E-state index in [9.17, 15) is 9.90 Å². The molecule has 2 aromatic heterocycles. The Hall–Kier alpha value is -2.08. The highest BCUT2D eigenvalue weighted by molar-refractivity contribution is 6.28. The number of rotatable bonds is 4. The van der Waals surface area contributed by atoms with Crippen LogP contribution in [0.1, 0.15) is 27.2 Å². The summed E-state index contributed by atoms with van der Waals surface area (Å²) in [4.78, 5) is 19.8. The topological polar surface area (TPSA) is 71.2 Å². The van der Waals surface area contributed by atoms with Gasteiger partial charge in [0.25, 0.3) is 0 Å². The number of aromatic nitrogens is 3. The summed E-state index contributed by atoms with van der Waals surface area (Å²) in [6.45, 7) is 6.51. The fourth-order valence-corrected chi connectivity index (χ4v) is 2.14. The predicted octanol–water partition coefficient (Wildman–Crippen LogP) is 3.65. The van der Waals surface area contributed by atoms with Crippen LogP contribution in [0.15, 0.2) is 30.7 Å². The second-order valence-electron chi connectivity index (χ2n) is 6.20. The van der Waals surface area contributed by atoms with E-state index in [0.29, 0.717) is 18.7 Å². The fourth-order valence-electron chi connectivity index (χ4n) is 1.91. The van der Waals surface area contributed by atoms with Gasteiger partial charge in [-0.3, -0.25) is 4.98 Å². The lowest BCUT2D eigenvalue weighted by Crippen LogP contribution is -2.41. The highest BCUT2D eigenvalue weighted by Gasteiger charge is 2.21. The van der Waals surface area contributed by atoms with Crippen molar-refractivity contribution in [2.45, 2.75) is 27.2 Å². The molecule has 0 spiro atoms. The maximum Gasteiger partial charge on any atom is 0.426 e. The van der Waals surface area contributed by atoms with Crippen LogP contribution in [0, 0.1) is 5.41 Å². The molecule has 0 saturated carbocycles. The third-order valence-electron chi connectivity index (χ3n) is 3.16. The quantitative estimate of drug-likeness (QED) is 0.932. The van der Waals surface area contributed by atoms with E-state index in [-0.39, 0.29) is 10.7 Å². The Morgan fingerprint density at radius 3 is 2.73 bits per heavy atom. The number of halogens is 1. The van der Waals surface area contributed by atoms with Gasteiger partial charge in [0.15, 0.2) is 0 Å². The Morgan fingerprint density at radius 2 is 2.18 bits per heavy atom. The first-order valence-electron chi connectivity index (χ1n) is 6.94. The van der Waals surface area contributed by atoms with Crippen LogP contribution in [0.4, 0.5) is 4.79 Å². The summed E-state index contributed by atoms with van der Waals surface area (Å²) in [7, 11) is 0. The molecule has 0 unspecified atom stereocenters. The lowest BCUT2D eigenvalue weighted by atomic mass is 9.92. The Morgan fingerprint density at radius 1 is 1.45 bits per heavy atom. The van der Waals surface area contributed by atoms with Gasteiger partial charge in [0.2, 0.25) is 5.28 Å². The van der Waals surface area contributed by atoms with Crippen LogP contribution in [0.25, 0.3) is 11.3 Å². The minimum atomic E-state index is -1.07. The van der Waals surface area contributed by atoms with Gasteiger partial charge in [0.05, 0.1) is 11.9 Å². The van der Waals surface area contributed by atoms with Crippen molar-refractivity contribution in [2.75, 3.05) is 11.6 Å². The van der Waals surface area contributed by atoms with E-state index in [2.05, 4.69) is 30.7 Å². The number of carbonyl (C=O) groups is 1. The van der Waals surface area contributed by atoms with Gasteiger partial charge in [0.1, 0.15) is 0 Å². The van der Waals surface area contributed by atoms with E-state index in [1.54, 1.807) is 24.7 Å². The second kappa shape index (κ2) is 6.36. The second-order valence-corrected chi connectivity index (χ2v) is 6.54. The van der Waals surface area contributed by atoms with Gasteiger partial charge in [-0.1, -0.05) is 20.8 Å². The van der Waals surface area contributed by atoms with Crippen molar-refractivity contribution in [3.05, 3.63) is 36.0 Å². The molecule has 2 aromatic rings. The molecular formula is C15H19ClN4O2. The number of hydrogen-bond acceptors (Lipinski definition) is 3. The molecule has 0 bridgehead atoms. The lowest BCUT2D eigenvalue weighted by molar-refractivity contribution is 0.192. The number of carboxylic acid groups (broad SMARTS) is 1. The third kappa shape index (κ3) is 3.98. The van der Waals surface area contributed by atoms with Crippen LogP contribution in [-0.4, -0.2) is 32.4 Å². The average Bonchev–Trinajstić information content (AvgIpc) is 2.81. The summed E-state index contributed by atoms with van der Waals surface area (Å²) in [5, 5.41) is 10.7. The van der Waals surface area contributed by atoms with Crippen molar-refractivity contribution in [1.82, 2.24) is 14.6 Å². The number of nitrogens with zero attached hydrogens (tertiary/aromatic N) is 4. The highest BCUT2D eigenvalue weighted by atomic mass is 35.5. The summed E-state index contributed by atoms with van der Waals surface area (Å²) < 4.78 is 1.36. The molecule has 0 aliphatic heterocycles. The maximum absolute atomic E-state index is 11.5. The molecule has 7 heteroatoms. The molecule has 0 aromatic carbocycles. The van der Waals surface area contributed by atoms with Crippen LogP contribution in [-0.2, 0) is 0 Å². The number of pyridine rings is 1. The molecule has 2 heterocycles. The van der Waals surface area contributed by atoms with Gasteiger partial charge in [0, 0.05) is 24.5 Å². The molecule has 1 amide bonds. The Labute approximate surface area is 134 Å². The normalized spacial score (nSPS) is 11.5. The molecule has 2 rings (SSSR count). The molecule has 0 aliphatic carbocycles. The molecule has 0 radical (unpaired) electrons. The Kier molecular flexibility index (Phi) is 4.71. The zero-order valence-corrected chi connectivity index (χ0v) is 13.6. The van der Waals surface area contributed by atoms with Gasteiger partial charge in [-0.2, -0.15) is 0 Å². The Bertz CT molecular complexity index is 649. The molecule has 22 heavy (non-hydrogen) atoms. The van der Waals surface area contributed by atoms with Crippen molar-refractivity contribution in [1.29, 1.82) is 0 Å². The van der Waals surface area contributed by atoms with E-state index in [0.717, 1.165) is 5.56 Å². The molecule has 0 atom stereocenters. The minimum absolute atomic E-state index is 0.0208. The van der Waals surface area contributed by atoms with E-state index in [1.165, 1.54) is 9.69 Å². The standard InChI is InChI=1S/C15H19ClN4O2/c1-15(2,3)6-8-19(14(21)22)20-10-12(18-13(20)16)11-5-4-7-17-9-11/h4-5,7,9-10H,6,8H2,1-3H3,(H,21,22). The van der Waals surface area contributed by atoms with Crippen LogP contribution in [0.3, 0.4) is 0 Å². The van der Waals surface area contributed by atoms with Crippen LogP contribution < -0.4 is 5.01 Å². The van der Waals surface area contributed by atoms with Crippen molar-refractivity contribution >= 4 is 17.7 Å². The van der Waals surface area contributed by atoms with E-state index < -0.39 is 6.09 Å². The SMILES string of the molecule is CC(C)(C)CCN(C(=O)O)n1cc(-c2cccnc2)nc1Cl. The number of hydrogen-bond donors (Lipinski definition) is 1. The molecule has 0 saturated heterocycles. The van der Waals surface area contributed by atoms with Crippen LogP contribution in [0.5, 0.6) is 0 Å². The van der Waals surface area contributed by atoms with Crippen molar-refractivity contribution in [3.63, 3.8) is 0 Å². The molecule has 0 fully saturated rings. The fraction of sp³-hybridized carbons (Fsp3) is 0.400. The zero-order chi connectivity index (χ0) is 16.3. The predicted molar refractivity (Wildman–Crippen MR) is 85.6 cm³/mol. The average molecular weight is 323 g/mol. The lowest BCUT2D eigenvalue weighted by Gasteiger charge is -2.25. The van der Waals surface area contributed by atoms with Gasteiger partial charge < -0.3 is 5.11 Å². The summed E-state index contributed by atoms with van der Waals surface area (Å²) in [6, 6.07) is 3.63. The summed E-state index contributed by atoms with van der Waals surface area (Å²) in [6.07, 6.45) is 4.56. The molecule has 6 nitrogen and oxygen atoms in total. The van der Waals surface area contributed by atoms with Crippen LogP contribution in [0.2, 0.25) is 5.28 Å². The smallest absolute Gasteiger partial charge is 0.426 e. The van der Waals surface area contributed by atoms with Gasteiger partial charge in [-0.25, -0.2) is 19.5 Å². The van der Waals surface area contributed by atoms with Gasteiger partial charge in [-0.05, 0) is 35.6 Å². The first-order valence-corrected chi connectivity index (χ1v) is 7.32. The maximum atomic E-state index is 11.5. The van der Waals surface area contributed by atoms with Gasteiger partial charge >= 0.3 is 6.09 Å². The van der Waals surface area contributed by atoms with Crippen molar-refractivity contribution in [3.8, 4) is 11.3 Å². The van der Waals surface area contributed by atoms with E-state index >= 15 is 0 Å². The molecular weight excluding hydrogens is 304 g/mol. The molecule has 118 valence electrons. The number of imidazole rings is 1. The summed E-state index contributed by atoms with van der Waals surface area (Å²) in [5.41, 5.74) is 1.39. The van der Waals surface area contributed by atoms with Crippen molar-refractivity contribution in [2.24, 2.45) is 5.41 Å². The highest BCUT2D eigenvalue weighted by Crippen LogP contribution is 2.22. The summed E-state index contributed by atoms with van der Waals surface area (Å²) in [5.74, 6) is 0. The van der Waals surface area contributed by atoms with Crippen LogP contribution >= 0.6 is 11.6 Å². The van der Waals surface area contributed by atoms with E-state index in [1.807, 2.05) is 6.07 Å². The summed E-state index contributed by atoms with van der Waals surface area (Å²) >= 11 is 6.11. The zero-order valence-electron chi connectivity index (χ0n) is 12.8. The Balaban J connectivity index is 2.29. The molecule has 1 N–H and O–H groups in total. The minimum Gasteiger partial charge on any atom is -0.464 e. The molecule has 0 aliphatic rings. The first-order chi connectivity index (χ1) is 10.3. The van der Waals surface area contributed by atoms with Crippen molar-refractivity contribution < 1.29 is 9.90 Å². The monoisotopic (exact) mass is 322 g/mol.